The molecule has 0 saturated carbocycles. The molecule has 1 aromatic rings. The first-order valence-corrected chi connectivity index (χ1v) is 6.86. The van der Waals surface area contributed by atoms with Crippen LogP contribution < -0.4 is 10.6 Å². The minimum atomic E-state index is -0.427. The van der Waals surface area contributed by atoms with E-state index >= 15 is 0 Å². The van der Waals surface area contributed by atoms with Crippen LogP contribution >= 0.6 is 0 Å². The molecule has 0 radical (unpaired) electrons. The molecule has 0 bridgehead atoms. The predicted molar refractivity (Wildman–Crippen MR) is 81.6 cm³/mol. The lowest BCUT2D eigenvalue weighted by Crippen LogP contribution is -2.36. The van der Waals surface area contributed by atoms with Crippen molar-refractivity contribution in [2.45, 2.75) is 41.0 Å². The van der Waals surface area contributed by atoms with Gasteiger partial charge in [0.2, 0.25) is 11.8 Å². The van der Waals surface area contributed by atoms with Crippen LogP contribution in [0.4, 0.5) is 5.69 Å². The Morgan fingerprint density at radius 3 is 2.40 bits per heavy atom. The Labute approximate surface area is 121 Å². The van der Waals surface area contributed by atoms with E-state index in [-0.39, 0.29) is 18.2 Å². The molecule has 0 saturated heterocycles. The van der Waals surface area contributed by atoms with Gasteiger partial charge in [-0.05, 0) is 31.0 Å². The standard InChI is InChI=1S/C16H24N2O2/c1-11-7-6-8-13(12(11)2)18-14(19)9-10-17-15(20)16(3,4)5/h6-8H,9-10H2,1-5H3,(H,17,20)(H,18,19). The van der Waals surface area contributed by atoms with Crippen LogP contribution in [0.15, 0.2) is 18.2 Å². The summed E-state index contributed by atoms with van der Waals surface area (Å²) in [5.41, 5.74) is 2.62. The summed E-state index contributed by atoms with van der Waals surface area (Å²) in [5, 5.41) is 5.64. The van der Waals surface area contributed by atoms with E-state index in [9.17, 15) is 9.59 Å². The first-order valence-electron chi connectivity index (χ1n) is 6.86. The number of nitrogens with one attached hydrogen (secondary N) is 2. The smallest absolute Gasteiger partial charge is 0.226 e. The fourth-order valence-electron chi connectivity index (χ4n) is 1.65. The largest absolute Gasteiger partial charge is 0.355 e. The van der Waals surface area contributed by atoms with Gasteiger partial charge in [-0.3, -0.25) is 9.59 Å². The zero-order valence-electron chi connectivity index (χ0n) is 13.0. The maximum Gasteiger partial charge on any atom is 0.226 e. The summed E-state index contributed by atoms with van der Waals surface area (Å²) in [4.78, 5) is 23.5. The van der Waals surface area contributed by atoms with Crippen molar-refractivity contribution < 1.29 is 9.59 Å². The van der Waals surface area contributed by atoms with Crippen molar-refractivity contribution in [3.8, 4) is 0 Å². The van der Waals surface area contributed by atoms with Gasteiger partial charge in [-0.15, -0.1) is 0 Å². The average molecular weight is 276 g/mol. The monoisotopic (exact) mass is 276 g/mol. The molecule has 0 spiro atoms. The van der Waals surface area contributed by atoms with Gasteiger partial charge >= 0.3 is 0 Å². The third-order valence-electron chi connectivity index (χ3n) is 3.20. The first-order chi connectivity index (χ1) is 9.21. The normalized spacial score (nSPS) is 11.1. The van der Waals surface area contributed by atoms with Gasteiger partial charge in [0.25, 0.3) is 0 Å². The molecular formula is C16H24N2O2. The third-order valence-corrected chi connectivity index (χ3v) is 3.20. The Morgan fingerprint density at radius 2 is 1.80 bits per heavy atom. The Hall–Kier alpha value is -1.84. The van der Waals surface area contributed by atoms with Crippen molar-refractivity contribution in [1.82, 2.24) is 5.32 Å². The lowest BCUT2D eigenvalue weighted by molar-refractivity contribution is -0.128. The van der Waals surface area contributed by atoms with E-state index in [0.29, 0.717) is 6.54 Å². The highest BCUT2D eigenvalue weighted by Crippen LogP contribution is 2.18. The molecule has 110 valence electrons. The summed E-state index contributed by atoms with van der Waals surface area (Å²) in [6.07, 6.45) is 0.273. The van der Waals surface area contributed by atoms with Crippen molar-refractivity contribution >= 4 is 17.5 Å². The molecule has 0 aliphatic heterocycles. The molecule has 0 aromatic heterocycles. The fourth-order valence-corrected chi connectivity index (χ4v) is 1.65. The zero-order valence-corrected chi connectivity index (χ0v) is 13.0. The van der Waals surface area contributed by atoms with Crippen LogP contribution in [0.5, 0.6) is 0 Å². The van der Waals surface area contributed by atoms with Crippen molar-refractivity contribution in [2.24, 2.45) is 5.41 Å². The summed E-state index contributed by atoms with van der Waals surface area (Å²) >= 11 is 0. The SMILES string of the molecule is Cc1cccc(NC(=O)CCNC(=O)C(C)(C)C)c1C. The van der Waals surface area contributed by atoms with E-state index in [1.165, 1.54) is 0 Å². The molecule has 0 aliphatic rings. The molecule has 4 nitrogen and oxygen atoms in total. The van der Waals surface area contributed by atoms with Crippen LogP contribution in [0.25, 0.3) is 0 Å². The molecule has 0 atom stereocenters. The molecule has 1 rings (SSSR count). The second-order valence-electron chi connectivity index (χ2n) is 6.05. The lowest BCUT2D eigenvalue weighted by Gasteiger charge is -2.17. The molecular weight excluding hydrogens is 252 g/mol. The molecule has 0 fully saturated rings. The van der Waals surface area contributed by atoms with Crippen LogP contribution in [-0.4, -0.2) is 18.4 Å². The molecule has 20 heavy (non-hydrogen) atoms. The van der Waals surface area contributed by atoms with Crippen LogP contribution in [-0.2, 0) is 9.59 Å². The highest BCUT2D eigenvalue weighted by Gasteiger charge is 2.20. The van der Waals surface area contributed by atoms with Crippen LogP contribution in [0.2, 0.25) is 0 Å². The fraction of sp³-hybridized carbons (Fsp3) is 0.500. The number of amides is 2. The van der Waals surface area contributed by atoms with E-state index in [1.807, 2.05) is 52.8 Å². The number of hydrogen-bond acceptors (Lipinski definition) is 2. The number of rotatable bonds is 4. The van der Waals surface area contributed by atoms with Gasteiger partial charge in [-0.1, -0.05) is 32.9 Å². The molecule has 0 heterocycles. The molecule has 2 amide bonds. The van der Waals surface area contributed by atoms with Gasteiger partial charge in [0, 0.05) is 24.1 Å². The predicted octanol–water partition coefficient (Wildman–Crippen LogP) is 2.79. The van der Waals surface area contributed by atoms with Crippen LogP contribution in [0.1, 0.15) is 38.3 Å². The summed E-state index contributed by atoms with van der Waals surface area (Å²) in [7, 11) is 0. The molecule has 0 unspecified atom stereocenters. The second-order valence-corrected chi connectivity index (χ2v) is 6.05. The topological polar surface area (TPSA) is 58.2 Å². The number of hydrogen-bond donors (Lipinski definition) is 2. The van der Waals surface area contributed by atoms with E-state index in [1.54, 1.807) is 0 Å². The summed E-state index contributed by atoms with van der Waals surface area (Å²) in [5.74, 6) is -0.134. The molecule has 2 N–H and O–H groups in total. The van der Waals surface area contributed by atoms with Gasteiger partial charge in [0.15, 0.2) is 0 Å². The molecule has 4 heteroatoms. The van der Waals surface area contributed by atoms with Gasteiger partial charge < -0.3 is 10.6 Å². The number of benzene rings is 1. The van der Waals surface area contributed by atoms with E-state index in [2.05, 4.69) is 10.6 Å². The van der Waals surface area contributed by atoms with Crippen molar-refractivity contribution in [3.05, 3.63) is 29.3 Å². The Bertz CT molecular complexity index is 502. The minimum Gasteiger partial charge on any atom is -0.355 e. The highest BCUT2D eigenvalue weighted by atomic mass is 16.2. The van der Waals surface area contributed by atoms with Gasteiger partial charge in [0.1, 0.15) is 0 Å². The highest BCUT2D eigenvalue weighted by molar-refractivity contribution is 5.92. The van der Waals surface area contributed by atoms with Crippen molar-refractivity contribution in [3.63, 3.8) is 0 Å². The number of carbonyl (C=O) groups excluding carboxylic acids is 2. The minimum absolute atomic E-state index is 0.0444. The second kappa shape index (κ2) is 6.55. The van der Waals surface area contributed by atoms with Crippen LogP contribution in [0, 0.1) is 19.3 Å². The molecule has 0 aliphatic carbocycles. The number of carbonyl (C=O) groups is 2. The Balaban J connectivity index is 2.45. The summed E-state index contributed by atoms with van der Waals surface area (Å²) in [6.45, 7) is 9.88. The first kappa shape index (κ1) is 16.2. The van der Waals surface area contributed by atoms with E-state index in [4.69, 9.17) is 0 Å². The van der Waals surface area contributed by atoms with Crippen molar-refractivity contribution in [1.29, 1.82) is 0 Å². The van der Waals surface area contributed by atoms with Crippen molar-refractivity contribution in [2.75, 3.05) is 11.9 Å². The summed E-state index contributed by atoms with van der Waals surface area (Å²) in [6, 6.07) is 5.81. The Morgan fingerprint density at radius 1 is 1.15 bits per heavy atom. The van der Waals surface area contributed by atoms with E-state index in [0.717, 1.165) is 16.8 Å². The quantitative estimate of drug-likeness (QED) is 0.888. The third kappa shape index (κ3) is 4.68. The van der Waals surface area contributed by atoms with Gasteiger partial charge in [-0.25, -0.2) is 0 Å². The Kier molecular flexibility index (Phi) is 5.31. The zero-order chi connectivity index (χ0) is 15.3. The molecule has 1 aromatic carbocycles. The van der Waals surface area contributed by atoms with Gasteiger partial charge in [-0.2, -0.15) is 0 Å². The maximum absolute atomic E-state index is 11.8. The number of anilines is 1. The summed E-state index contributed by atoms with van der Waals surface area (Å²) < 4.78 is 0. The maximum atomic E-state index is 11.8. The number of aryl methyl sites for hydroxylation is 1. The van der Waals surface area contributed by atoms with E-state index < -0.39 is 5.41 Å². The van der Waals surface area contributed by atoms with Gasteiger partial charge in [0.05, 0.1) is 0 Å². The average Bonchev–Trinajstić information content (AvgIpc) is 2.33. The van der Waals surface area contributed by atoms with Crippen LogP contribution in [0.3, 0.4) is 0 Å². The lowest BCUT2D eigenvalue weighted by atomic mass is 9.96.